The van der Waals surface area contributed by atoms with Gasteiger partial charge in [-0.05, 0) is 44.9 Å². The third-order valence-corrected chi connectivity index (χ3v) is 3.89. The summed E-state index contributed by atoms with van der Waals surface area (Å²) in [6.45, 7) is 13.7. The standard InChI is InChI=1S/C15H28N4O/c1-5-16-10-12-6-8-19(9-7-12)11-13-17-14(18-20-13)15(2,3)4/h12,16H,5-11H2,1-4H3. The van der Waals surface area contributed by atoms with Crippen LogP contribution in [0.25, 0.3) is 0 Å². The van der Waals surface area contributed by atoms with E-state index in [1.807, 2.05) is 0 Å². The van der Waals surface area contributed by atoms with E-state index in [4.69, 9.17) is 4.52 Å². The molecule has 0 atom stereocenters. The Morgan fingerprint density at radius 1 is 1.30 bits per heavy atom. The fraction of sp³-hybridized carbons (Fsp3) is 0.867. The Balaban J connectivity index is 1.79. The molecule has 1 N–H and O–H groups in total. The maximum Gasteiger partial charge on any atom is 0.240 e. The number of hydrogen-bond donors (Lipinski definition) is 1. The summed E-state index contributed by atoms with van der Waals surface area (Å²) in [7, 11) is 0. The van der Waals surface area contributed by atoms with Gasteiger partial charge in [-0.2, -0.15) is 4.98 Å². The average molecular weight is 280 g/mol. The third-order valence-electron chi connectivity index (χ3n) is 3.89. The molecule has 1 saturated heterocycles. The average Bonchev–Trinajstić information content (AvgIpc) is 2.86. The van der Waals surface area contributed by atoms with E-state index in [2.05, 4.69) is 48.1 Å². The molecular weight excluding hydrogens is 252 g/mol. The predicted molar refractivity (Wildman–Crippen MR) is 79.5 cm³/mol. The Hall–Kier alpha value is -0.940. The summed E-state index contributed by atoms with van der Waals surface area (Å²) >= 11 is 0. The molecule has 0 aromatic carbocycles. The molecule has 0 amide bonds. The molecule has 0 bridgehead atoms. The fourth-order valence-corrected chi connectivity index (χ4v) is 2.51. The molecule has 0 unspecified atom stereocenters. The van der Waals surface area contributed by atoms with Gasteiger partial charge >= 0.3 is 0 Å². The minimum absolute atomic E-state index is 0.0411. The van der Waals surface area contributed by atoms with Crippen LogP contribution in [0.15, 0.2) is 4.52 Å². The quantitative estimate of drug-likeness (QED) is 0.896. The SMILES string of the molecule is CCNCC1CCN(Cc2nc(C(C)(C)C)no2)CC1. The van der Waals surface area contributed by atoms with Crippen molar-refractivity contribution < 1.29 is 4.52 Å². The molecule has 0 aliphatic carbocycles. The van der Waals surface area contributed by atoms with Crippen molar-refractivity contribution >= 4 is 0 Å². The van der Waals surface area contributed by atoms with Gasteiger partial charge in [0.25, 0.3) is 0 Å². The summed E-state index contributed by atoms with van der Waals surface area (Å²) in [5, 5.41) is 7.53. The first-order valence-corrected chi connectivity index (χ1v) is 7.75. The molecule has 2 rings (SSSR count). The highest BCUT2D eigenvalue weighted by Gasteiger charge is 2.23. The van der Waals surface area contributed by atoms with Crippen molar-refractivity contribution in [1.29, 1.82) is 0 Å². The van der Waals surface area contributed by atoms with E-state index in [1.54, 1.807) is 0 Å². The molecule has 0 saturated carbocycles. The van der Waals surface area contributed by atoms with Crippen molar-refractivity contribution in [1.82, 2.24) is 20.4 Å². The largest absolute Gasteiger partial charge is 0.338 e. The first-order valence-electron chi connectivity index (χ1n) is 7.75. The summed E-state index contributed by atoms with van der Waals surface area (Å²) in [6, 6.07) is 0. The van der Waals surface area contributed by atoms with Crippen molar-refractivity contribution in [2.24, 2.45) is 5.92 Å². The first-order chi connectivity index (χ1) is 9.49. The lowest BCUT2D eigenvalue weighted by molar-refractivity contribution is 0.158. The number of rotatable bonds is 5. The van der Waals surface area contributed by atoms with Crippen molar-refractivity contribution in [2.75, 3.05) is 26.2 Å². The monoisotopic (exact) mass is 280 g/mol. The molecule has 1 aromatic heterocycles. The van der Waals surface area contributed by atoms with Crippen LogP contribution in [0, 0.1) is 5.92 Å². The highest BCUT2D eigenvalue weighted by Crippen LogP contribution is 2.21. The minimum atomic E-state index is -0.0411. The maximum absolute atomic E-state index is 5.37. The van der Waals surface area contributed by atoms with Gasteiger partial charge in [0.05, 0.1) is 6.54 Å². The van der Waals surface area contributed by atoms with Crippen molar-refractivity contribution in [3.8, 4) is 0 Å². The zero-order valence-electron chi connectivity index (χ0n) is 13.3. The van der Waals surface area contributed by atoms with Crippen LogP contribution < -0.4 is 5.32 Å². The number of aromatic nitrogens is 2. The van der Waals surface area contributed by atoms with Crippen LogP contribution in [0.5, 0.6) is 0 Å². The second-order valence-corrected chi connectivity index (χ2v) is 6.79. The van der Waals surface area contributed by atoms with E-state index >= 15 is 0 Å². The summed E-state index contributed by atoms with van der Waals surface area (Å²) in [4.78, 5) is 6.93. The van der Waals surface area contributed by atoms with Gasteiger partial charge in [0.1, 0.15) is 0 Å². The minimum Gasteiger partial charge on any atom is -0.338 e. The molecule has 0 radical (unpaired) electrons. The molecule has 114 valence electrons. The second kappa shape index (κ2) is 6.68. The Labute approximate surface area is 122 Å². The van der Waals surface area contributed by atoms with E-state index in [9.17, 15) is 0 Å². The Morgan fingerprint density at radius 2 is 2.00 bits per heavy atom. The van der Waals surface area contributed by atoms with Crippen LogP contribution in [0.1, 0.15) is 52.3 Å². The van der Waals surface area contributed by atoms with Gasteiger partial charge in [0.15, 0.2) is 5.82 Å². The molecule has 0 spiro atoms. The van der Waals surface area contributed by atoms with Crippen molar-refractivity contribution in [2.45, 2.75) is 52.5 Å². The number of nitrogens with one attached hydrogen (secondary N) is 1. The molecule has 1 aliphatic heterocycles. The van der Waals surface area contributed by atoms with E-state index in [0.717, 1.165) is 50.4 Å². The molecule has 5 nitrogen and oxygen atoms in total. The number of piperidine rings is 1. The zero-order valence-corrected chi connectivity index (χ0v) is 13.3. The molecular formula is C15H28N4O. The van der Waals surface area contributed by atoms with Gasteiger partial charge in [-0.3, -0.25) is 4.90 Å². The number of nitrogens with zero attached hydrogens (tertiary/aromatic N) is 3. The van der Waals surface area contributed by atoms with Gasteiger partial charge < -0.3 is 9.84 Å². The maximum atomic E-state index is 5.37. The van der Waals surface area contributed by atoms with Crippen LogP contribution in [0.3, 0.4) is 0 Å². The van der Waals surface area contributed by atoms with E-state index in [0.29, 0.717) is 0 Å². The van der Waals surface area contributed by atoms with Gasteiger partial charge in [0.2, 0.25) is 5.89 Å². The Kier molecular flexibility index (Phi) is 5.16. The molecule has 1 aliphatic rings. The van der Waals surface area contributed by atoms with Gasteiger partial charge in [-0.25, -0.2) is 0 Å². The molecule has 1 aromatic rings. The number of likely N-dealkylation sites (tertiary alicyclic amines) is 1. The van der Waals surface area contributed by atoms with E-state index in [-0.39, 0.29) is 5.41 Å². The van der Waals surface area contributed by atoms with Crippen LogP contribution in [-0.4, -0.2) is 41.2 Å². The van der Waals surface area contributed by atoms with Crippen LogP contribution in [0.4, 0.5) is 0 Å². The highest BCUT2D eigenvalue weighted by atomic mass is 16.5. The lowest BCUT2D eigenvalue weighted by Gasteiger charge is -2.30. The van der Waals surface area contributed by atoms with Gasteiger partial charge in [0, 0.05) is 5.41 Å². The lowest BCUT2D eigenvalue weighted by Crippen LogP contribution is -2.36. The normalized spacial score (nSPS) is 18.6. The molecule has 5 heteroatoms. The topological polar surface area (TPSA) is 54.2 Å². The smallest absolute Gasteiger partial charge is 0.240 e. The fourth-order valence-electron chi connectivity index (χ4n) is 2.51. The number of hydrogen-bond acceptors (Lipinski definition) is 5. The van der Waals surface area contributed by atoms with Gasteiger partial charge in [-0.1, -0.05) is 32.9 Å². The summed E-state index contributed by atoms with van der Waals surface area (Å²) in [5.41, 5.74) is -0.0411. The zero-order chi connectivity index (χ0) is 14.6. The Bertz CT molecular complexity index is 402. The Morgan fingerprint density at radius 3 is 2.55 bits per heavy atom. The van der Waals surface area contributed by atoms with Crippen LogP contribution >= 0.6 is 0 Å². The van der Waals surface area contributed by atoms with E-state index in [1.165, 1.54) is 12.8 Å². The third kappa shape index (κ3) is 4.28. The van der Waals surface area contributed by atoms with Crippen molar-refractivity contribution in [3.05, 3.63) is 11.7 Å². The van der Waals surface area contributed by atoms with Crippen LogP contribution in [0.2, 0.25) is 0 Å². The summed E-state index contributed by atoms with van der Waals surface area (Å²) in [6.07, 6.45) is 2.51. The van der Waals surface area contributed by atoms with Gasteiger partial charge in [-0.15, -0.1) is 0 Å². The molecule has 1 fully saturated rings. The summed E-state index contributed by atoms with van der Waals surface area (Å²) < 4.78 is 5.37. The summed E-state index contributed by atoms with van der Waals surface area (Å²) in [5.74, 6) is 2.37. The first kappa shape index (κ1) is 15.4. The van der Waals surface area contributed by atoms with Crippen molar-refractivity contribution in [3.63, 3.8) is 0 Å². The molecule has 2 heterocycles. The predicted octanol–water partition coefficient (Wildman–Crippen LogP) is 2.19. The van der Waals surface area contributed by atoms with E-state index < -0.39 is 0 Å². The molecule has 20 heavy (non-hydrogen) atoms. The van der Waals surface area contributed by atoms with Crippen LogP contribution in [-0.2, 0) is 12.0 Å². The highest BCUT2D eigenvalue weighted by molar-refractivity contribution is 5.00. The second-order valence-electron chi connectivity index (χ2n) is 6.79. The lowest BCUT2D eigenvalue weighted by atomic mass is 9.96.